The zero-order chi connectivity index (χ0) is 11.8. The van der Waals surface area contributed by atoms with Gasteiger partial charge in [-0.2, -0.15) is 10.5 Å². The predicted molar refractivity (Wildman–Crippen MR) is 46.8 cm³/mol. The van der Waals surface area contributed by atoms with Gasteiger partial charge < -0.3 is 9.47 Å². The van der Waals surface area contributed by atoms with Crippen molar-refractivity contribution in [3.63, 3.8) is 0 Å². The number of hydrogen-bond donors (Lipinski definition) is 0. The summed E-state index contributed by atoms with van der Waals surface area (Å²) in [7, 11) is 2.19. The molecule has 0 aromatic heterocycles. The van der Waals surface area contributed by atoms with Crippen LogP contribution in [0.2, 0.25) is 0 Å². The summed E-state index contributed by atoms with van der Waals surface area (Å²) < 4.78 is 8.57. The van der Waals surface area contributed by atoms with Crippen molar-refractivity contribution in [1.82, 2.24) is 0 Å². The summed E-state index contributed by atoms with van der Waals surface area (Å²) in [5.74, 6) is -3.03. The van der Waals surface area contributed by atoms with Crippen molar-refractivity contribution in [3.05, 3.63) is 11.6 Å². The Morgan fingerprint density at radius 3 is 2.20 bits per heavy atom. The standard InChI is InChI=1S/C9H8N2O4/c1-14-8(12)6(4-10)3-7(5-11)9(13)15-2/h3,6H,1-2H3/b7-3-. The van der Waals surface area contributed by atoms with Gasteiger partial charge in [-0.3, -0.25) is 4.79 Å². The van der Waals surface area contributed by atoms with Gasteiger partial charge in [-0.1, -0.05) is 0 Å². The normalized spacial score (nSPS) is 11.9. The maximum Gasteiger partial charge on any atom is 0.348 e. The summed E-state index contributed by atoms with van der Waals surface area (Å²) in [4.78, 5) is 21.9. The van der Waals surface area contributed by atoms with Crippen LogP contribution in [0.15, 0.2) is 11.6 Å². The third-order valence-corrected chi connectivity index (χ3v) is 1.45. The molecule has 0 N–H and O–H groups in total. The van der Waals surface area contributed by atoms with E-state index in [1.54, 1.807) is 6.07 Å². The first-order valence-corrected chi connectivity index (χ1v) is 3.78. The minimum absolute atomic E-state index is 0.408. The first-order chi connectivity index (χ1) is 7.10. The molecule has 0 amide bonds. The van der Waals surface area contributed by atoms with E-state index in [4.69, 9.17) is 10.5 Å². The first-order valence-electron chi connectivity index (χ1n) is 3.78. The van der Waals surface area contributed by atoms with Crippen molar-refractivity contribution < 1.29 is 19.1 Å². The van der Waals surface area contributed by atoms with Crippen molar-refractivity contribution >= 4 is 11.9 Å². The Labute approximate surface area is 86.3 Å². The number of methoxy groups -OCH3 is 2. The van der Waals surface area contributed by atoms with Gasteiger partial charge in [0.05, 0.1) is 20.3 Å². The molecule has 78 valence electrons. The molecule has 0 heterocycles. The van der Waals surface area contributed by atoms with Crippen molar-refractivity contribution in [1.29, 1.82) is 10.5 Å². The van der Waals surface area contributed by atoms with E-state index in [0.717, 1.165) is 20.3 Å². The summed E-state index contributed by atoms with van der Waals surface area (Å²) in [5, 5.41) is 17.1. The molecule has 0 aliphatic heterocycles. The molecule has 0 radical (unpaired) electrons. The van der Waals surface area contributed by atoms with Crippen LogP contribution in [0.1, 0.15) is 0 Å². The van der Waals surface area contributed by atoms with Gasteiger partial charge in [0.1, 0.15) is 11.6 Å². The molecule has 0 aliphatic rings. The molecular formula is C9H8N2O4. The van der Waals surface area contributed by atoms with E-state index in [9.17, 15) is 9.59 Å². The first kappa shape index (κ1) is 12.7. The van der Waals surface area contributed by atoms with Gasteiger partial charge in [0.2, 0.25) is 0 Å². The molecule has 1 unspecified atom stereocenters. The Bertz CT molecular complexity index is 373. The molecule has 0 spiro atoms. The van der Waals surface area contributed by atoms with E-state index >= 15 is 0 Å². The Morgan fingerprint density at radius 1 is 1.27 bits per heavy atom. The Balaban J connectivity index is 4.99. The van der Waals surface area contributed by atoms with E-state index in [-0.39, 0.29) is 0 Å². The van der Waals surface area contributed by atoms with Gasteiger partial charge in [-0.05, 0) is 6.08 Å². The fraction of sp³-hybridized carbons (Fsp3) is 0.333. The number of nitrogens with zero attached hydrogens (tertiary/aromatic N) is 2. The maximum absolute atomic E-state index is 11.0. The molecule has 0 aromatic carbocycles. The smallest absolute Gasteiger partial charge is 0.348 e. The second kappa shape index (κ2) is 6.17. The van der Waals surface area contributed by atoms with Crippen molar-refractivity contribution in [3.8, 4) is 12.1 Å². The molecule has 0 aromatic rings. The van der Waals surface area contributed by atoms with Crippen LogP contribution < -0.4 is 0 Å². The lowest BCUT2D eigenvalue weighted by molar-refractivity contribution is -0.142. The van der Waals surface area contributed by atoms with Crippen LogP contribution >= 0.6 is 0 Å². The zero-order valence-electron chi connectivity index (χ0n) is 8.18. The quantitative estimate of drug-likeness (QED) is 0.365. The highest BCUT2D eigenvalue weighted by Crippen LogP contribution is 2.06. The SMILES string of the molecule is COC(=O)/C(C#N)=C\C(C#N)C(=O)OC. The van der Waals surface area contributed by atoms with Crippen molar-refractivity contribution in [2.45, 2.75) is 0 Å². The van der Waals surface area contributed by atoms with Gasteiger partial charge in [-0.15, -0.1) is 0 Å². The highest BCUT2D eigenvalue weighted by molar-refractivity contribution is 5.94. The molecule has 6 nitrogen and oxygen atoms in total. The lowest BCUT2D eigenvalue weighted by Crippen LogP contribution is -2.14. The number of esters is 2. The van der Waals surface area contributed by atoms with Crippen LogP contribution in [0.4, 0.5) is 0 Å². The molecule has 15 heavy (non-hydrogen) atoms. The van der Waals surface area contributed by atoms with Crippen molar-refractivity contribution in [2.75, 3.05) is 14.2 Å². The Hall–Kier alpha value is -2.34. The fourth-order valence-corrected chi connectivity index (χ4v) is 0.713. The number of nitriles is 2. The Morgan fingerprint density at radius 2 is 1.87 bits per heavy atom. The summed E-state index contributed by atoms with van der Waals surface area (Å²) in [6, 6.07) is 3.11. The van der Waals surface area contributed by atoms with E-state index in [1.807, 2.05) is 0 Å². The second-order valence-electron chi connectivity index (χ2n) is 2.31. The lowest BCUT2D eigenvalue weighted by atomic mass is 10.1. The van der Waals surface area contributed by atoms with E-state index in [1.165, 1.54) is 6.07 Å². The monoisotopic (exact) mass is 208 g/mol. The average Bonchev–Trinajstić information content (AvgIpc) is 2.28. The molecule has 0 saturated heterocycles. The highest BCUT2D eigenvalue weighted by atomic mass is 16.5. The van der Waals surface area contributed by atoms with Gasteiger partial charge in [-0.25, -0.2) is 4.79 Å². The molecule has 0 aliphatic carbocycles. The van der Waals surface area contributed by atoms with Crippen molar-refractivity contribution in [2.24, 2.45) is 5.92 Å². The topological polar surface area (TPSA) is 100 Å². The summed E-state index contributed by atoms with van der Waals surface area (Å²) in [5.41, 5.74) is -0.408. The molecule has 6 heteroatoms. The predicted octanol–water partition coefficient (Wildman–Crippen LogP) is -0.0778. The second-order valence-corrected chi connectivity index (χ2v) is 2.31. The van der Waals surface area contributed by atoms with Gasteiger partial charge in [0.15, 0.2) is 5.92 Å². The van der Waals surface area contributed by atoms with E-state index in [0.29, 0.717) is 0 Å². The molecule has 0 bridgehead atoms. The van der Waals surface area contributed by atoms with Crippen LogP contribution in [0.5, 0.6) is 0 Å². The van der Waals surface area contributed by atoms with Crippen LogP contribution in [-0.4, -0.2) is 26.2 Å². The number of rotatable bonds is 3. The van der Waals surface area contributed by atoms with E-state index < -0.39 is 23.4 Å². The zero-order valence-corrected chi connectivity index (χ0v) is 8.18. The number of ether oxygens (including phenoxy) is 2. The summed E-state index contributed by atoms with van der Waals surface area (Å²) in [6.45, 7) is 0. The summed E-state index contributed by atoms with van der Waals surface area (Å²) in [6.07, 6.45) is 0.900. The molecule has 0 fully saturated rings. The summed E-state index contributed by atoms with van der Waals surface area (Å²) >= 11 is 0. The van der Waals surface area contributed by atoms with Crippen LogP contribution in [0.3, 0.4) is 0 Å². The van der Waals surface area contributed by atoms with Crippen LogP contribution in [0, 0.1) is 28.6 Å². The number of hydrogen-bond acceptors (Lipinski definition) is 6. The third-order valence-electron chi connectivity index (χ3n) is 1.45. The third kappa shape index (κ3) is 3.49. The van der Waals surface area contributed by atoms with Crippen LogP contribution in [0.25, 0.3) is 0 Å². The van der Waals surface area contributed by atoms with Gasteiger partial charge in [0.25, 0.3) is 0 Å². The van der Waals surface area contributed by atoms with E-state index in [2.05, 4.69) is 9.47 Å². The average molecular weight is 208 g/mol. The maximum atomic E-state index is 11.0. The van der Waals surface area contributed by atoms with Gasteiger partial charge >= 0.3 is 11.9 Å². The highest BCUT2D eigenvalue weighted by Gasteiger charge is 2.19. The molecule has 0 saturated carbocycles. The minimum atomic E-state index is -1.29. The van der Waals surface area contributed by atoms with Gasteiger partial charge in [0, 0.05) is 0 Å². The largest absolute Gasteiger partial charge is 0.468 e. The fourth-order valence-electron chi connectivity index (χ4n) is 0.713. The van der Waals surface area contributed by atoms with Crippen LogP contribution in [-0.2, 0) is 19.1 Å². The number of carbonyl (C=O) groups excluding carboxylic acids is 2. The molecular weight excluding hydrogens is 200 g/mol. The minimum Gasteiger partial charge on any atom is -0.468 e. The Kier molecular flexibility index (Phi) is 5.20. The molecule has 1 atom stereocenters. The lowest BCUT2D eigenvalue weighted by Gasteiger charge is -2.01. The molecule has 0 rings (SSSR count). The number of carbonyl (C=O) groups is 2.